The van der Waals surface area contributed by atoms with Crippen molar-refractivity contribution in [1.29, 1.82) is 0 Å². The van der Waals surface area contributed by atoms with Crippen molar-refractivity contribution in [2.75, 3.05) is 0 Å². The minimum Gasteiger partial charge on any atom is -0.326 e. The molecule has 0 aliphatic heterocycles. The lowest BCUT2D eigenvalue weighted by Crippen LogP contribution is -2.03. The van der Waals surface area contributed by atoms with Gasteiger partial charge in [0.05, 0.1) is 5.52 Å². The van der Waals surface area contributed by atoms with Gasteiger partial charge in [-0.25, -0.2) is 29.3 Å². The molecule has 3 aromatic heterocycles. The summed E-state index contributed by atoms with van der Waals surface area (Å²) in [7, 11) is 0. The van der Waals surface area contributed by atoms with Gasteiger partial charge in [0, 0.05) is 30.8 Å². The average molecular weight is 388 g/mol. The number of nitrogens with zero attached hydrogens (tertiary/aromatic N) is 6. The molecule has 1 aliphatic carbocycles. The number of fused-ring (bicyclic) bond motifs is 1. The molecule has 1 fully saturated rings. The van der Waals surface area contributed by atoms with Gasteiger partial charge in [-0.15, -0.1) is 0 Å². The van der Waals surface area contributed by atoms with Crippen LogP contribution in [-0.2, 0) is 0 Å². The minimum absolute atomic E-state index is 0.228. The lowest BCUT2D eigenvalue weighted by atomic mass is 10.1. The molecule has 0 amide bonds. The van der Waals surface area contributed by atoms with Gasteiger partial charge >= 0.3 is 0 Å². The largest absolute Gasteiger partial charge is 0.326 e. The average Bonchev–Trinajstić information content (AvgIpc) is 3.44. The SMILES string of the molecule is Cc1nc2c(F)cc([C@@H]3C[C@H]3c3cnc(-c4ncccn4)nc3)cc2n1C(C)C. The van der Waals surface area contributed by atoms with E-state index in [2.05, 4.69) is 49.4 Å². The predicted octanol–water partition coefficient (Wildman–Crippen LogP) is 4.58. The number of halogens is 1. The van der Waals surface area contributed by atoms with Crippen LogP contribution in [0.4, 0.5) is 4.39 Å². The van der Waals surface area contributed by atoms with Gasteiger partial charge in [0.25, 0.3) is 0 Å². The molecule has 146 valence electrons. The molecule has 0 N–H and O–H groups in total. The summed E-state index contributed by atoms with van der Waals surface area (Å²) >= 11 is 0. The number of hydrogen-bond acceptors (Lipinski definition) is 5. The van der Waals surface area contributed by atoms with Crippen molar-refractivity contribution in [2.24, 2.45) is 0 Å². The fourth-order valence-corrected chi connectivity index (χ4v) is 4.15. The second kappa shape index (κ2) is 6.69. The maximum atomic E-state index is 14.7. The molecule has 2 atom stereocenters. The van der Waals surface area contributed by atoms with Gasteiger partial charge in [0.2, 0.25) is 0 Å². The summed E-state index contributed by atoms with van der Waals surface area (Å²) in [5.74, 6) is 2.18. The number of aryl methyl sites for hydroxylation is 1. The van der Waals surface area contributed by atoms with Crippen molar-refractivity contribution < 1.29 is 4.39 Å². The second-order valence-electron chi connectivity index (χ2n) is 7.85. The summed E-state index contributed by atoms with van der Waals surface area (Å²) in [6.07, 6.45) is 7.97. The fraction of sp³-hybridized carbons (Fsp3) is 0.318. The van der Waals surface area contributed by atoms with Gasteiger partial charge < -0.3 is 4.57 Å². The van der Waals surface area contributed by atoms with E-state index in [0.717, 1.165) is 28.9 Å². The number of aromatic nitrogens is 6. The molecule has 1 aromatic carbocycles. The van der Waals surface area contributed by atoms with E-state index in [1.807, 2.05) is 19.3 Å². The molecule has 29 heavy (non-hydrogen) atoms. The third kappa shape index (κ3) is 3.06. The lowest BCUT2D eigenvalue weighted by molar-refractivity contribution is 0.599. The van der Waals surface area contributed by atoms with E-state index in [-0.39, 0.29) is 17.8 Å². The van der Waals surface area contributed by atoms with Crippen molar-refractivity contribution in [2.45, 2.75) is 45.1 Å². The zero-order valence-corrected chi connectivity index (χ0v) is 16.5. The Morgan fingerprint density at radius 2 is 1.62 bits per heavy atom. The third-order valence-electron chi connectivity index (χ3n) is 5.55. The summed E-state index contributed by atoms with van der Waals surface area (Å²) in [6, 6.07) is 5.72. The predicted molar refractivity (Wildman–Crippen MR) is 108 cm³/mol. The molecule has 5 rings (SSSR count). The summed E-state index contributed by atoms with van der Waals surface area (Å²) in [6.45, 7) is 6.11. The highest BCUT2D eigenvalue weighted by atomic mass is 19.1. The van der Waals surface area contributed by atoms with E-state index in [4.69, 9.17) is 0 Å². The number of hydrogen-bond donors (Lipinski definition) is 0. The van der Waals surface area contributed by atoms with Crippen molar-refractivity contribution in [1.82, 2.24) is 29.5 Å². The Hall–Kier alpha value is -3.22. The van der Waals surface area contributed by atoms with Crippen LogP contribution in [0.15, 0.2) is 43.0 Å². The highest BCUT2D eigenvalue weighted by Crippen LogP contribution is 2.55. The maximum Gasteiger partial charge on any atom is 0.197 e. The maximum absolute atomic E-state index is 14.7. The third-order valence-corrected chi connectivity index (χ3v) is 5.55. The first-order chi connectivity index (χ1) is 14.0. The number of rotatable bonds is 4. The molecular formula is C22H21FN6. The topological polar surface area (TPSA) is 69.4 Å². The molecule has 4 aromatic rings. The van der Waals surface area contributed by atoms with Crippen LogP contribution in [0.2, 0.25) is 0 Å². The van der Waals surface area contributed by atoms with Crippen molar-refractivity contribution in [3.05, 3.63) is 65.8 Å². The molecule has 3 heterocycles. The van der Waals surface area contributed by atoms with Crippen molar-refractivity contribution in [3.8, 4) is 11.6 Å². The van der Waals surface area contributed by atoms with Crippen LogP contribution < -0.4 is 0 Å². The van der Waals surface area contributed by atoms with E-state index in [9.17, 15) is 4.39 Å². The Bertz CT molecular complexity index is 1180. The quantitative estimate of drug-likeness (QED) is 0.512. The van der Waals surface area contributed by atoms with Crippen LogP contribution in [0.25, 0.3) is 22.7 Å². The first-order valence-electron chi connectivity index (χ1n) is 9.80. The Morgan fingerprint density at radius 3 is 2.31 bits per heavy atom. The molecule has 0 saturated heterocycles. The molecular weight excluding hydrogens is 367 g/mol. The van der Waals surface area contributed by atoms with Crippen LogP contribution in [0.5, 0.6) is 0 Å². The molecule has 0 spiro atoms. The van der Waals surface area contributed by atoms with E-state index in [1.54, 1.807) is 24.5 Å². The second-order valence-corrected chi connectivity index (χ2v) is 7.85. The first kappa shape index (κ1) is 17.8. The molecule has 0 unspecified atom stereocenters. The first-order valence-corrected chi connectivity index (χ1v) is 9.80. The van der Waals surface area contributed by atoms with Crippen molar-refractivity contribution in [3.63, 3.8) is 0 Å². The fourth-order valence-electron chi connectivity index (χ4n) is 4.15. The van der Waals surface area contributed by atoms with Gasteiger partial charge in [0.1, 0.15) is 11.3 Å². The Morgan fingerprint density at radius 1 is 0.966 bits per heavy atom. The zero-order valence-electron chi connectivity index (χ0n) is 16.5. The van der Waals surface area contributed by atoms with Crippen LogP contribution in [-0.4, -0.2) is 29.5 Å². The molecule has 1 saturated carbocycles. The van der Waals surface area contributed by atoms with E-state index in [1.165, 1.54) is 0 Å². The van der Waals surface area contributed by atoms with Crippen LogP contribution in [0, 0.1) is 12.7 Å². The molecule has 7 heteroatoms. The van der Waals surface area contributed by atoms with Crippen LogP contribution in [0.3, 0.4) is 0 Å². The van der Waals surface area contributed by atoms with Gasteiger partial charge in [-0.05, 0) is 68.4 Å². The van der Waals surface area contributed by atoms with Gasteiger partial charge in [-0.3, -0.25) is 0 Å². The van der Waals surface area contributed by atoms with Crippen LogP contribution >= 0.6 is 0 Å². The van der Waals surface area contributed by atoms with E-state index in [0.29, 0.717) is 23.1 Å². The Kier molecular flexibility index (Phi) is 4.12. The highest BCUT2D eigenvalue weighted by molar-refractivity contribution is 5.78. The van der Waals surface area contributed by atoms with Gasteiger partial charge in [-0.2, -0.15) is 0 Å². The summed E-state index contributed by atoms with van der Waals surface area (Å²) in [5.41, 5.74) is 3.39. The summed E-state index contributed by atoms with van der Waals surface area (Å²) in [5, 5.41) is 0. The van der Waals surface area contributed by atoms with Crippen molar-refractivity contribution >= 4 is 11.0 Å². The normalized spacial score (nSPS) is 18.5. The van der Waals surface area contributed by atoms with Gasteiger partial charge in [-0.1, -0.05) is 0 Å². The molecule has 0 bridgehead atoms. The number of imidazole rings is 1. The van der Waals surface area contributed by atoms with Crippen LogP contribution in [0.1, 0.15) is 55.1 Å². The number of benzene rings is 1. The standard InChI is InChI=1S/C22H21FN6/c1-12(2)29-13(3)28-20-18(23)7-14(8-19(20)29)16-9-17(16)15-10-26-22(27-11-15)21-24-5-4-6-25-21/h4-8,10-12,16-17H,9H2,1-3H3/t16-,17-/m0/s1. The summed E-state index contributed by atoms with van der Waals surface area (Å²) in [4.78, 5) is 21.6. The molecule has 1 aliphatic rings. The Balaban J connectivity index is 1.44. The van der Waals surface area contributed by atoms with E-state index < -0.39 is 0 Å². The van der Waals surface area contributed by atoms with E-state index >= 15 is 0 Å². The summed E-state index contributed by atoms with van der Waals surface area (Å²) < 4.78 is 16.8. The Labute approximate surface area is 167 Å². The lowest BCUT2D eigenvalue weighted by Gasteiger charge is -2.11. The highest BCUT2D eigenvalue weighted by Gasteiger charge is 2.40. The smallest absolute Gasteiger partial charge is 0.197 e. The molecule has 6 nitrogen and oxygen atoms in total. The molecule has 0 radical (unpaired) electrons. The van der Waals surface area contributed by atoms with Gasteiger partial charge in [0.15, 0.2) is 17.5 Å². The minimum atomic E-state index is -0.251. The zero-order chi connectivity index (χ0) is 20.1. The monoisotopic (exact) mass is 388 g/mol.